The van der Waals surface area contributed by atoms with Crippen molar-refractivity contribution < 1.29 is 9.53 Å². The molecular weight excluding hydrogens is 342 g/mol. The minimum absolute atomic E-state index is 0.0339. The van der Waals surface area contributed by atoms with Crippen molar-refractivity contribution in [3.8, 4) is 0 Å². The van der Waals surface area contributed by atoms with Crippen molar-refractivity contribution in [3.63, 3.8) is 0 Å². The van der Waals surface area contributed by atoms with Crippen molar-refractivity contribution in [2.24, 2.45) is 10.4 Å². The lowest BCUT2D eigenvalue weighted by Crippen LogP contribution is -2.49. The monoisotopic (exact) mass is 375 g/mol. The molecule has 0 radical (unpaired) electrons. The molecule has 0 bridgehead atoms. The molecule has 0 spiro atoms. The number of guanidine groups is 1. The molecule has 0 atom stereocenters. The summed E-state index contributed by atoms with van der Waals surface area (Å²) in [5.74, 6) is 0.705. The second-order valence-corrected chi connectivity index (χ2v) is 7.26. The molecule has 0 unspecified atom stereocenters. The molecule has 0 aliphatic heterocycles. The molecule has 1 amide bonds. The summed E-state index contributed by atoms with van der Waals surface area (Å²) in [6.45, 7) is 2.51. The van der Waals surface area contributed by atoms with Crippen LogP contribution in [-0.4, -0.2) is 69.2 Å². The van der Waals surface area contributed by atoms with E-state index in [2.05, 4.69) is 20.6 Å². The van der Waals surface area contributed by atoms with Crippen LogP contribution in [-0.2, 0) is 16.0 Å². The Kier molecular flexibility index (Phi) is 8.51. The van der Waals surface area contributed by atoms with E-state index in [0.717, 1.165) is 31.7 Å². The van der Waals surface area contributed by atoms with E-state index < -0.39 is 0 Å². The number of rotatable bonds is 10. The summed E-state index contributed by atoms with van der Waals surface area (Å²) in [4.78, 5) is 22.6. The van der Waals surface area contributed by atoms with E-state index >= 15 is 0 Å². The second kappa shape index (κ2) is 10.9. The number of methoxy groups -OCH3 is 1. The fourth-order valence-electron chi connectivity index (χ4n) is 3.25. The maximum Gasteiger partial charge on any atom is 0.241 e. The summed E-state index contributed by atoms with van der Waals surface area (Å²) in [6.07, 6.45) is 7.29. The van der Waals surface area contributed by atoms with Crippen molar-refractivity contribution in [2.75, 3.05) is 47.4 Å². The number of nitrogens with zero attached hydrogens (tertiary/aromatic N) is 3. The number of pyridine rings is 1. The van der Waals surface area contributed by atoms with Gasteiger partial charge in [0.05, 0.1) is 6.54 Å². The summed E-state index contributed by atoms with van der Waals surface area (Å²) in [7, 11) is 5.29. The van der Waals surface area contributed by atoms with Crippen molar-refractivity contribution in [3.05, 3.63) is 30.1 Å². The van der Waals surface area contributed by atoms with E-state index in [1.165, 1.54) is 19.3 Å². The minimum Gasteiger partial charge on any atom is -0.385 e. The van der Waals surface area contributed by atoms with E-state index in [1.807, 2.05) is 25.2 Å². The Bertz CT molecular complexity index is 602. The van der Waals surface area contributed by atoms with Crippen LogP contribution in [0.5, 0.6) is 0 Å². The summed E-state index contributed by atoms with van der Waals surface area (Å²) in [6, 6.07) is 5.83. The molecule has 1 aliphatic carbocycles. The van der Waals surface area contributed by atoms with Crippen molar-refractivity contribution in [1.29, 1.82) is 0 Å². The number of amides is 1. The van der Waals surface area contributed by atoms with Crippen LogP contribution in [0.3, 0.4) is 0 Å². The van der Waals surface area contributed by atoms with Crippen molar-refractivity contribution in [2.45, 2.75) is 32.1 Å². The Morgan fingerprint density at radius 1 is 1.37 bits per heavy atom. The molecule has 1 aromatic heterocycles. The van der Waals surface area contributed by atoms with Gasteiger partial charge in [-0.2, -0.15) is 0 Å². The van der Waals surface area contributed by atoms with Gasteiger partial charge in [-0.25, -0.2) is 0 Å². The van der Waals surface area contributed by atoms with Crippen LogP contribution in [0, 0.1) is 5.41 Å². The van der Waals surface area contributed by atoms with Gasteiger partial charge in [-0.05, 0) is 36.8 Å². The molecule has 150 valence electrons. The third kappa shape index (κ3) is 6.82. The predicted molar refractivity (Wildman–Crippen MR) is 108 cm³/mol. The van der Waals surface area contributed by atoms with E-state index in [4.69, 9.17) is 4.74 Å². The number of carbonyl (C=O) groups is 1. The smallest absolute Gasteiger partial charge is 0.241 e. The van der Waals surface area contributed by atoms with Crippen LogP contribution < -0.4 is 10.6 Å². The first-order valence-electron chi connectivity index (χ1n) is 9.66. The highest BCUT2D eigenvalue weighted by Gasteiger charge is 2.36. The first-order valence-corrected chi connectivity index (χ1v) is 9.66. The fourth-order valence-corrected chi connectivity index (χ4v) is 3.25. The Morgan fingerprint density at radius 3 is 2.78 bits per heavy atom. The number of nitrogens with one attached hydrogen (secondary N) is 2. The van der Waals surface area contributed by atoms with E-state index in [0.29, 0.717) is 17.9 Å². The maximum atomic E-state index is 12.3. The Labute approximate surface area is 162 Å². The molecule has 0 saturated heterocycles. The zero-order valence-corrected chi connectivity index (χ0v) is 16.8. The first-order chi connectivity index (χ1) is 13.1. The molecular formula is C20H33N5O2. The molecule has 2 N–H and O–H groups in total. The highest BCUT2D eigenvalue weighted by atomic mass is 16.5. The number of aromatic nitrogens is 1. The van der Waals surface area contributed by atoms with Gasteiger partial charge in [-0.1, -0.05) is 12.5 Å². The lowest BCUT2D eigenvalue weighted by molar-refractivity contribution is -0.128. The average molecular weight is 376 g/mol. The number of ether oxygens (including phenoxy) is 1. The summed E-state index contributed by atoms with van der Waals surface area (Å²) < 4.78 is 5.24. The number of hydrogen-bond acceptors (Lipinski definition) is 4. The van der Waals surface area contributed by atoms with Gasteiger partial charge in [0.15, 0.2) is 5.96 Å². The van der Waals surface area contributed by atoms with Crippen LogP contribution >= 0.6 is 0 Å². The largest absolute Gasteiger partial charge is 0.385 e. The molecule has 7 heteroatoms. The number of hydrogen-bond donors (Lipinski definition) is 2. The molecule has 1 heterocycles. The first kappa shape index (κ1) is 21.2. The van der Waals surface area contributed by atoms with Gasteiger partial charge in [0, 0.05) is 59.2 Å². The average Bonchev–Trinajstić information content (AvgIpc) is 2.67. The van der Waals surface area contributed by atoms with Crippen LogP contribution in [0.4, 0.5) is 0 Å². The summed E-state index contributed by atoms with van der Waals surface area (Å²) in [5, 5.41) is 6.50. The van der Waals surface area contributed by atoms with Gasteiger partial charge in [0.1, 0.15) is 0 Å². The summed E-state index contributed by atoms with van der Waals surface area (Å²) in [5.41, 5.74) is 1.29. The number of aliphatic imine (C=N–C) groups is 1. The van der Waals surface area contributed by atoms with Gasteiger partial charge in [-0.15, -0.1) is 0 Å². The lowest BCUT2D eigenvalue weighted by Gasteiger charge is -2.42. The Hall–Kier alpha value is -2.15. The SMILES string of the molecule is CN=C(NCC(=O)N(C)CCc1ccccn1)NCC1(CCOC)CCC1. The van der Waals surface area contributed by atoms with Crippen molar-refractivity contribution in [1.82, 2.24) is 20.5 Å². The second-order valence-electron chi connectivity index (χ2n) is 7.26. The van der Waals surface area contributed by atoms with Crippen molar-refractivity contribution >= 4 is 11.9 Å². The van der Waals surface area contributed by atoms with Crippen LogP contribution in [0.15, 0.2) is 29.4 Å². The van der Waals surface area contributed by atoms with Crippen LogP contribution in [0.1, 0.15) is 31.4 Å². The van der Waals surface area contributed by atoms with Crippen LogP contribution in [0.25, 0.3) is 0 Å². The molecule has 1 aromatic rings. The van der Waals surface area contributed by atoms with Crippen LogP contribution in [0.2, 0.25) is 0 Å². The highest BCUT2D eigenvalue weighted by molar-refractivity contribution is 5.86. The third-order valence-corrected chi connectivity index (χ3v) is 5.37. The van der Waals surface area contributed by atoms with E-state index in [1.54, 1.807) is 25.3 Å². The topological polar surface area (TPSA) is 78.9 Å². The summed E-state index contributed by atoms with van der Waals surface area (Å²) >= 11 is 0. The Morgan fingerprint density at radius 2 is 2.19 bits per heavy atom. The number of likely N-dealkylation sites (N-methyl/N-ethyl adjacent to an activating group) is 1. The quantitative estimate of drug-likeness (QED) is 0.478. The zero-order chi connectivity index (χ0) is 19.5. The zero-order valence-electron chi connectivity index (χ0n) is 16.8. The normalized spacial score (nSPS) is 15.7. The maximum absolute atomic E-state index is 12.3. The fraction of sp³-hybridized carbons (Fsp3) is 0.650. The van der Waals surface area contributed by atoms with Gasteiger partial charge in [0.25, 0.3) is 0 Å². The molecule has 2 rings (SSSR count). The van der Waals surface area contributed by atoms with Gasteiger partial charge < -0.3 is 20.3 Å². The molecule has 27 heavy (non-hydrogen) atoms. The van der Waals surface area contributed by atoms with E-state index in [-0.39, 0.29) is 12.5 Å². The number of carbonyl (C=O) groups excluding carboxylic acids is 1. The third-order valence-electron chi connectivity index (χ3n) is 5.37. The molecule has 0 aromatic carbocycles. The van der Waals surface area contributed by atoms with E-state index in [9.17, 15) is 4.79 Å². The minimum atomic E-state index is 0.0339. The van der Waals surface area contributed by atoms with Gasteiger partial charge in [-0.3, -0.25) is 14.8 Å². The molecule has 7 nitrogen and oxygen atoms in total. The highest BCUT2D eigenvalue weighted by Crippen LogP contribution is 2.43. The molecule has 1 aliphatic rings. The standard InChI is InChI=1S/C20H33N5O2/c1-21-19(24-16-20(9-6-10-20)11-14-27-3)23-15-18(26)25(2)13-8-17-7-4-5-12-22-17/h4-5,7,12H,6,8-11,13-16H2,1-3H3,(H2,21,23,24). The Balaban J connectivity index is 1.70. The predicted octanol–water partition coefficient (Wildman–Crippen LogP) is 1.45. The van der Waals surface area contributed by atoms with Gasteiger partial charge >= 0.3 is 0 Å². The molecule has 1 fully saturated rings. The van der Waals surface area contributed by atoms with Gasteiger partial charge in [0.2, 0.25) is 5.91 Å². The molecule has 1 saturated carbocycles. The lowest BCUT2D eigenvalue weighted by atomic mass is 9.67.